The van der Waals surface area contributed by atoms with E-state index in [0.717, 1.165) is 24.0 Å². The van der Waals surface area contributed by atoms with E-state index >= 15 is 0 Å². The van der Waals surface area contributed by atoms with Gasteiger partial charge in [0, 0.05) is 17.9 Å². The first kappa shape index (κ1) is 33.5. The van der Waals surface area contributed by atoms with Gasteiger partial charge in [0.2, 0.25) is 5.72 Å². The zero-order chi connectivity index (χ0) is 33.0. The molecular weight excluding hydrogens is 606 g/mol. The van der Waals surface area contributed by atoms with Crippen LogP contribution in [-0.4, -0.2) is 45.1 Å². The second kappa shape index (κ2) is 13.8. The van der Waals surface area contributed by atoms with Crippen molar-refractivity contribution in [2.45, 2.75) is 80.5 Å². The molecule has 8 N–H and O–H groups in total. The monoisotopic (exact) mass is 649 g/mol. The van der Waals surface area contributed by atoms with Crippen LogP contribution in [0.15, 0.2) is 89.9 Å². The van der Waals surface area contributed by atoms with Crippen molar-refractivity contribution in [3.05, 3.63) is 107 Å². The van der Waals surface area contributed by atoms with Gasteiger partial charge in [0.1, 0.15) is 11.5 Å². The second-order valence-electron chi connectivity index (χ2n) is 12.6. The molecule has 3 aromatic carbocycles. The van der Waals surface area contributed by atoms with Gasteiger partial charge in [-0.05, 0) is 79.5 Å². The number of aliphatic imine (C=N–C) groups is 1. The summed E-state index contributed by atoms with van der Waals surface area (Å²) in [6, 6.07) is 20.7. The molecule has 246 valence electrons. The maximum Gasteiger partial charge on any atom is 0.268 e. The van der Waals surface area contributed by atoms with Crippen molar-refractivity contribution >= 4 is 16.1 Å². The number of benzene rings is 3. The molecule has 0 unspecified atom stereocenters. The third-order valence-corrected chi connectivity index (χ3v) is 10.6. The molecule has 1 fully saturated rings. The van der Waals surface area contributed by atoms with Gasteiger partial charge in [-0.25, -0.2) is 4.99 Å². The first-order valence-electron chi connectivity index (χ1n) is 15.7. The van der Waals surface area contributed by atoms with Crippen LogP contribution in [0.1, 0.15) is 73.3 Å². The summed E-state index contributed by atoms with van der Waals surface area (Å²) in [6.07, 6.45) is 6.89. The van der Waals surface area contributed by atoms with Gasteiger partial charge in [0.05, 0.1) is 17.0 Å². The van der Waals surface area contributed by atoms with E-state index in [9.17, 15) is 28.3 Å². The van der Waals surface area contributed by atoms with E-state index in [0.29, 0.717) is 49.0 Å². The summed E-state index contributed by atoms with van der Waals surface area (Å²) in [6.45, 7) is 0. The zero-order valence-corrected chi connectivity index (χ0v) is 26.5. The fourth-order valence-electron chi connectivity index (χ4n) is 6.63. The van der Waals surface area contributed by atoms with E-state index in [1.54, 1.807) is 30.3 Å². The lowest BCUT2D eigenvalue weighted by atomic mass is 9.87. The van der Waals surface area contributed by atoms with Crippen molar-refractivity contribution in [3.8, 4) is 11.5 Å². The van der Waals surface area contributed by atoms with Gasteiger partial charge in [-0.1, -0.05) is 73.5 Å². The summed E-state index contributed by atoms with van der Waals surface area (Å²) >= 11 is 0. The number of aryl methyl sites for hydroxylation is 1. The number of phenols is 1. The van der Waals surface area contributed by atoms with Gasteiger partial charge in [-0.3, -0.25) is 4.55 Å². The van der Waals surface area contributed by atoms with E-state index in [1.807, 2.05) is 36.4 Å². The molecule has 0 spiro atoms. The number of hydrogen-bond donors (Lipinski definition) is 6. The van der Waals surface area contributed by atoms with Gasteiger partial charge in [-0.2, -0.15) is 8.42 Å². The first-order valence-corrected chi connectivity index (χ1v) is 17.2. The Labute approximate surface area is 270 Å². The van der Waals surface area contributed by atoms with Crippen LogP contribution in [0.25, 0.3) is 0 Å². The van der Waals surface area contributed by atoms with Gasteiger partial charge < -0.3 is 31.5 Å². The molecule has 0 amide bonds. The highest BCUT2D eigenvalue weighted by atomic mass is 32.2. The van der Waals surface area contributed by atoms with Crippen molar-refractivity contribution < 1.29 is 33.0 Å². The smallest absolute Gasteiger partial charge is 0.268 e. The quantitative estimate of drug-likeness (QED) is 0.0875. The molecule has 5 aliphatic rings. The highest BCUT2D eigenvalue weighted by Gasteiger charge is 2.40. The Bertz CT molecular complexity index is 1630. The van der Waals surface area contributed by atoms with Crippen LogP contribution >= 0.6 is 0 Å². The van der Waals surface area contributed by atoms with Crippen molar-refractivity contribution in [2.24, 2.45) is 22.4 Å². The van der Waals surface area contributed by atoms with Crippen molar-refractivity contribution in [3.63, 3.8) is 0 Å². The standard InChI is InChI=1S/C35H43N3O7S/c36-33(37)38-35(22-21-34(41)19-1-2-20-34)28-11-3-25(4-12-28)23-27(10-17-31(40)26-8-13-29(39)14-9-26)32(46(42,43)44)18-7-24-5-15-30(45-35)16-6-24/h3-6,8-17,27,31-32,39-41H,1-2,7,18-23H2,(H4,36,37,38)(H,42,43,44)/t27-,31-,32-,35-/m1/s1. The molecule has 1 aliphatic carbocycles. The van der Waals surface area contributed by atoms with Crippen molar-refractivity contribution in [1.29, 1.82) is 0 Å². The van der Waals surface area contributed by atoms with Gasteiger partial charge >= 0.3 is 0 Å². The third-order valence-electron chi connectivity index (χ3n) is 9.21. The number of aromatic hydroxyl groups is 1. The molecule has 4 bridgehead atoms. The van der Waals surface area contributed by atoms with Gasteiger partial charge in [0.15, 0.2) is 5.96 Å². The Hall–Kier alpha value is -3.90. The lowest BCUT2D eigenvalue weighted by molar-refractivity contribution is -0.00349. The van der Waals surface area contributed by atoms with Gasteiger partial charge in [0.25, 0.3) is 10.1 Å². The second-order valence-corrected chi connectivity index (χ2v) is 14.2. The first-order chi connectivity index (χ1) is 21.8. The summed E-state index contributed by atoms with van der Waals surface area (Å²) in [5.74, 6) is -0.285. The molecule has 0 saturated heterocycles. The Morgan fingerprint density at radius 2 is 1.59 bits per heavy atom. The van der Waals surface area contributed by atoms with Crippen LogP contribution < -0.4 is 16.2 Å². The molecule has 46 heavy (non-hydrogen) atoms. The third kappa shape index (κ3) is 8.27. The zero-order valence-electron chi connectivity index (χ0n) is 25.7. The van der Waals surface area contributed by atoms with Crippen LogP contribution in [0.3, 0.4) is 0 Å². The number of ether oxygens (including phenoxy) is 1. The minimum atomic E-state index is -4.49. The molecule has 10 nitrogen and oxygen atoms in total. The van der Waals surface area contributed by atoms with Crippen LogP contribution in [-0.2, 0) is 28.7 Å². The molecule has 1 saturated carbocycles. The fraction of sp³-hybridized carbons (Fsp3) is 0.400. The average molecular weight is 650 g/mol. The Morgan fingerprint density at radius 1 is 0.957 bits per heavy atom. The number of nitrogens with zero attached hydrogens (tertiary/aromatic N) is 1. The molecule has 3 aromatic rings. The lowest BCUT2D eigenvalue weighted by Crippen LogP contribution is -2.39. The Balaban J connectivity index is 1.55. The normalized spacial score (nSPS) is 23.8. The number of guanidine groups is 1. The number of hydrogen-bond acceptors (Lipinski definition) is 7. The largest absolute Gasteiger partial charge is 0.508 e. The molecule has 4 atom stereocenters. The number of aliphatic hydroxyl groups is 2. The van der Waals surface area contributed by atoms with Crippen LogP contribution in [0.4, 0.5) is 0 Å². The highest BCUT2D eigenvalue weighted by Crippen LogP contribution is 2.41. The van der Waals surface area contributed by atoms with Crippen molar-refractivity contribution in [1.82, 2.24) is 0 Å². The Morgan fingerprint density at radius 3 is 2.20 bits per heavy atom. The number of allylic oxidation sites excluding steroid dienone is 1. The summed E-state index contributed by atoms with van der Waals surface area (Å²) in [7, 11) is -4.49. The highest BCUT2D eigenvalue weighted by molar-refractivity contribution is 7.86. The summed E-state index contributed by atoms with van der Waals surface area (Å²) in [5, 5.41) is 30.5. The van der Waals surface area contributed by atoms with Crippen LogP contribution in [0.2, 0.25) is 0 Å². The topological polar surface area (TPSA) is 189 Å². The molecular formula is C35H43N3O7S. The molecule has 8 rings (SSSR count). The minimum absolute atomic E-state index is 0.0633. The number of rotatable bonds is 8. The fourth-order valence-corrected chi connectivity index (χ4v) is 7.68. The lowest BCUT2D eigenvalue weighted by Gasteiger charge is -2.34. The number of nitrogens with two attached hydrogens (primary N) is 2. The SMILES string of the molecule is NC(N)=N[C@]1(CCC2(O)CCCC2)Oc2ccc(cc2)CC[C@@H](S(=O)(=O)O)[C@H](C=C[C@@H](O)c2ccc(O)cc2)Cc2ccc1cc2. The van der Waals surface area contributed by atoms with Crippen molar-refractivity contribution in [2.75, 3.05) is 0 Å². The van der Waals surface area contributed by atoms with E-state index in [2.05, 4.69) is 4.99 Å². The number of aliphatic hydroxyl groups excluding tert-OH is 1. The van der Waals surface area contributed by atoms with Gasteiger partial charge in [-0.15, -0.1) is 0 Å². The molecule has 11 heteroatoms. The van der Waals surface area contributed by atoms with Crippen LogP contribution in [0.5, 0.6) is 11.5 Å². The maximum absolute atomic E-state index is 12.8. The average Bonchev–Trinajstić information content (AvgIpc) is 3.45. The molecule has 4 heterocycles. The van der Waals surface area contributed by atoms with E-state index in [1.165, 1.54) is 18.2 Å². The number of phenolic OH excluding ortho intramolecular Hbond substituents is 1. The molecule has 0 radical (unpaired) electrons. The maximum atomic E-state index is 12.8. The van der Waals surface area contributed by atoms with E-state index in [-0.39, 0.29) is 24.6 Å². The molecule has 4 aliphatic heterocycles. The van der Waals surface area contributed by atoms with E-state index < -0.39 is 38.7 Å². The molecule has 0 aromatic heterocycles. The minimum Gasteiger partial charge on any atom is -0.508 e. The summed E-state index contributed by atoms with van der Waals surface area (Å²) < 4.78 is 42.6. The van der Waals surface area contributed by atoms with Crippen LogP contribution in [0, 0.1) is 5.92 Å². The predicted octanol–water partition coefficient (Wildman–Crippen LogP) is 4.63. The van der Waals surface area contributed by atoms with E-state index in [4.69, 9.17) is 16.2 Å². The predicted molar refractivity (Wildman–Crippen MR) is 177 cm³/mol. The summed E-state index contributed by atoms with van der Waals surface area (Å²) in [5.41, 5.74) is 12.6. The summed E-state index contributed by atoms with van der Waals surface area (Å²) in [4.78, 5) is 4.61. The Kier molecular flexibility index (Phi) is 10.1.